The summed E-state index contributed by atoms with van der Waals surface area (Å²) in [6.45, 7) is 10.1. The van der Waals surface area contributed by atoms with Crippen molar-refractivity contribution in [2.45, 2.75) is 52.0 Å². The number of likely N-dealkylation sites (tertiary alicyclic amines) is 2. The predicted octanol–water partition coefficient (Wildman–Crippen LogP) is 2.53. The lowest BCUT2D eigenvalue weighted by Crippen LogP contribution is -2.44. The molecule has 20 heavy (non-hydrogen) atoms. The molecule has 0 amide bonds. The summed E-state index contributed by atoms with van der Waals surface area (Å²) in [5.74, 6) is 1.59. The Labute approximate surface area is 141 Å². The molecule has 4 nitrogen and oxygen atoms in total. The summed E-state index contributed by atoms with van der Waals surface area (Å²) in [4.78, 5) is 9.44. The number of nitrogens with two attached hydrogens (primary N) is 1. The monoisotopic (exact) mass is 394 g/mol. The largest absolute Gasteiger partial charge is 0.370 e. The third kappa shape index (κ3) is 5.39. The number of hydrogen-bond acceptors (Lipinski definition) is 2. The molecule has 0 saturated carbocycles. The van der Waals surface area contributed by atoms with Crippen LogP contribution in [0.1, 0.15) is 46.0 Å². The Morgan fingerprint density at radius 2 is 1.90 bits per heavy atom. The molecular weight excluding hydrogens is 363 g/mol. The molecule has 0 aliphatic carbocycles. The minimum absolute atomic E-state index is 0. The first kappa shape index (κ1) is 18.0. The predicted molar refractivity (Wildman–Crippen MR) is 96.8 cm³/mol. The maximum Gasteiger partial charge on any atom is 0.191 e. The summed E-state index contributed by atoms with van der Waals surface area (Å²) in [6, 6.07) is 0.520. The molecule has 0 bridgehead atoms. The number of halogens is 1. The van der Waals surface area contributed by atoms with Gasteiger partial charge in [-0.05, 0) is 51.5 Å². The molecule has 0 spiro atoms. The van der Waals surface area contributed by atoms with Crippen LogP contribution >= 0.6 is 24.0 Å². The molecule has 0 aromatic heterocycles. The molecule has 0 aromatic carbocycles. The van der Waals surface area contributed by atoms with Gasteiger partial charge in [0, 0.05) is 25.7 Å². The summed E-state index contributed by atoms with van der Waals surface area (Å²) >= 11 is 0. The van der Waals surface area contributed by atoms with Crippen LogP contribution < -0.4 is 5.73 Å². The maximum atomic E-state index is 6.11. The van der Waals surface area contributed by atoms with E-state index in [9.17, 15) is 0 Å². The molecule has 118 valence electrons. The second-order valence-corrected chi connectivity index (χ2v) is 6.34. The van der Waals surface area contributed by atoms with Crippen molar-refractivity contribution in [3.8, 4) is 0 Å². The summed E-state index contributed by atoms with van der Waals surface area (Å²) in [6.07, 6.45) is 6.57. The molecule has 2 fully saturated rings. The fraction of sp³-hybridized carbons (Fsp3) is 0.933. The van der Waals surface area contributed by atoms with Gasteiger partial charge in [-0.1, -0.05) is 6.92 Å². The van der Waals surface area contributed by atoms with Gasteiger partial charge in [0.2, 0.25) is 0 Å². The van der Waals surface area contributed by atoms with Crippen molar-refractivity contribution in [2.75, 3.05) is 32.7 Å². The molecule has 5 heteroatoms. The second-order valence-electron chi connectivity index (χ2n) is 6.34. The Morgan fingerprint density at radius 3 is 2.55 bits per heavy atom. The molecule has 2 N–H and O–H groups in total. The van der Waals surface area contributed by atoms with E-state index in [0.717, 1.165) is 31.5 Å². The van der Waals surface area contributed by atoms with Gasteiger partial charge in [-0.15, -0.1) is 24.0 Å². The highest BCUT2D eigenvalue weighted by atomic mass is 127. The number of rotatable bonds is 3. The van der Waals surface area contributed by atoms with E-state index in [4.69, 9.17) is 5.73 Å². The van der Waals surface area contributed by atoms with Gasteiger partial charge >= 0.3 is 0 Å². The third-order valence-corrected chi connectivity index (χ3v) is 4.51. The van der Waals surface area contributed by atoms with Gasteiger partial charge in [-0.25, -0.2) is 0 Å². The van der Waals surface area contributed by atoms with Crippen molar-refractivity contribution >= 4 is 29.9 Å². The number of guanidine groups is 1. The van der Waals surface area contributed by atoms with Crippen LogP contribution in [0.5, 0.6) is 0 Å². The smallest absolute Gasteiger partial charge is 0.191 e. The molecule has 0 aromatic rings. The molecule has 2 aliphatic rings. The van der Waals surface area contributed by atoms with E-state index >= 15 is 0 Å². The number of nitrogens with zero attached hydrogens (tertiary/aromatic N) is 3. The van der Waals surface area contributed by atoms with Crippen LogP contribution in [-0.4, -0.2) is 54.5 Å². The lowest BCUT2D eigenvalue weighted by atomic mass is 9.99. The van der Waals surface area contributed by atoms with Crippen molar-refractivity contribution in [3.05, 3.63) is 0 Å². The van der Waals surface area contributed by atoms with Crippen LogP contribution in [0.3, 0.4) is 0 Å². The number of hydrogen-bond donors (Lipinski definition) is 1. The van der Waals surface area contributed by atoms with Gasteiger partial charge in [-0.2, -0.15) is 0 Å². The van der Waals surface area contributed by atoms with E-state index in [1.165, 1.54) is 45.2 Å². The number of piperidine rings is 2. The summed E-state index contributed by atoms with van der Waals surface area (Å²) < 4.78 is 0. The van der Waals surface area contributed by atoms with Crippen molar-refractivity contribution in [1.82, 2.24) is 9.80 Å². The minimum atomic E-state index is 0. The number of aliphatic imine (C=N–C) groups is 1. The van der Waals surface area contributed by atoms with Gasteiger partial charge in [0.25, 0.3) is 0 Å². The van der Waals surface area contributed by atoms with Crippen LogP contribution in [0.25, 0.3) is 0 Å². The molecule has 2 aliphatic heterocycles. The summed E-state index contributed by atoms with van der Waals surface area (Å²) in [7, 11) is 0. The molecule has 2 heterocycles. The van der Waals surface area contributed by atoms with E-state index in [0.29, 0.717) is 6.04 Å². The fourth-order valence-electron chi connectivity index (χ4n) is 3.19. The van der Waals surface area contributed by atoms with E-state index < -0.39 is 0 Å². The van der Waals surface area contributed by atoms with Crippen molar-refractivity contribution in [3.63, 3.8) is 0 Å². The van der Waals surface area contributed by atoms with Gasteiger partial charge in [0.15, 0.2) is 5.96 Å². The summed E-state index contributed by atoms with van der Waals surface area (Å²) in [5.41, 5.74) is 6.11. The average Bonchev–Trinajstić information content (AvgIpc) is 2.45. The molecule has 2 unspecified atom stereocenters. The quantitative estimate of drug-likeness (QED) is 0.455. The van der Waals surface area contributed by atoms with Gasteiger partial charge in [0.1, 0.15) is 0 Å². The Bertz CT molecular complexity index is 302. The van der Waals surface area contributed by atoms with Gasteiger partial charge in [-0.3, -0.25) is 9.89 Å². The van der Waals surface area contributed by atoms with E-state index in [2.05, 4.69) is 28.6 Å². The Kier molecular flexibility index (Phi) is 8.17. The molecular formula is C15H31IN4. The SMILES string of the molecule is CC1CCCN(C(C)CN=C(N)N2CCCCC2)C1.I. The van der Waals surface area contributed by atoms with E-state index in [1.54, 1.807) is 0 Å². The molecule has 2 saturated heterocycles. The minimum Gasteiger partial charge on any atom is -0.370 e. The Balaban J connectivity index is 0.00000200. The highest BCUT2D eigenvalue weighted by Gasteiger charge is 2.21. The van der Waals surface area contributed by atoms with Crippen LogP contribution in [0.4, 0.5) is 0 Å². The first-order valence-corrected chi connectivity index (χ1v) is 7.95. The lowest BCUT2D eigenvalue weighted by molar-refractivity contribution is 0.142. The highest BCUT2D eigenvalue weighted by molar-refractivity contribution is 14.0. The topological polar surface area (TPSA) is 44.9 Å². The van der Waals surface area contributed by atoms with E-state index in [1.807, 2.05) is 0 Å². The van der Waals surface area contributed by atoms with Crippen molar-refractivity contribution in [2.24, 2.45) is 16.6 Å². The molecule has 0 radical (unpaired) electrons. The highest BCUT2D eigenvalue weighted by Crippen LogP contribution is 2.17. The maximum absolute atomic E-state index is 6.11. The standard InChI is InChI=1S/C15H30N4.HI/c1-13-7-6-10-19(12-13)14(2)11-17-15(16)18-8-4-3-5-9-18;/h13-14H,3-12H2,1-2H3,(H2,16,17);1H. The zero-order valence-electron chi connectivity index (χ0n) is 13.1. The summed E-state index contributed by atoms with van der Waals surface area (Å²) in [5, 5.41) is 0. The van der Waals surface area contributed by atoms with Crippen LogP contribution in [0, 0.1) is 5.92 Å². The average molecular weight is 394 g/mol. The van der Waals surface area contributed by atoms with E-state index in [-0.39, 0.29) is 24.0 Å². The first-order valence-electron chi connectivity index (χ1n) is 7.95. The second kappa shape index (κ2) is 9.07. The lowest BCUT2D eigenvalue weighted by Gasteiger charge is -2.35. The molecule has 2 rings (SSSR count). The zero-order valence-corrected chi connectivity index (χ0v) is 15.4. The Hall–Kier alpha value is -0.0400. The fourth-order valence-corrected chi connectivity index (χ4v) is 3.19. The molecule has 2 atom stereocenters. The Morgan fingerprint density at radius 1 is 1.20 bits per heavy atom. The van der Waals surface area contributed by atoms with Crippen molar-refractivity contribution in [1.29, 1.82) is 0 Å². The van der Waals surface area contributed by atoms with Crippen LogP contribution in [-0.2, 0) is 0 Å². The van der Waals surface area contributed by atoms with Crippen LogP contribution in [0.15, 0.2) is 4.99 Å². The zero-order chi connectivity index (χ0) is 13.7. The third-order valence-electron chi connectivity index (χ3n) is 4.51. The normalized spacial score (nSPS) is 27.0. The van der Waals surface area contributed by atoms with Gasteiger partial charge in [0.05, 0.1) is 6.54 Å². The first-order chi connectivity index (χ1) is 9.16. The van der Waals surface area contributed by atoms with Crippen molar-refractivity contribution < 1.29 is 0 Å². The van der Waals surface area contributed by atoms with Crippen LogP contribution in [0.2, 0.25) is 0 Å². The van der Waals surface area contributed by atoms with Gasteiger partial charge < -0.3 is 10.6 Å².